The lowest BCUT2D eigenvalue weighted by molar-refractivity contribution is -0.116. The molecule has 1 heterocycles. The molecule has 1 aromatic heterocycles. The van der Waals surface area contributed by atoms with Crippen LogP contribution in [0.15, 0.2) is 29.1 Å². The molecule has 0 spiro atoms. The Morgan fingerprint density at radius 3 is 2.48 bits per heavy atom. The van der Waals surface area contributed by atoms with Gasteiger partial charge in [0.25, 0.3) is 5.56 Å². The summed E-state index contributed by atoms with van der Waals surface area (Å²) in [5.74, 6) is 0.135. The first-order chi connectivity index (χ1) is 13.1. The molecule has 0 aliphatic heterocycles. The van der Waals surface area contributed by atoms with Crippen LogP contribution < -0.4 is 15.6 Å². The van der Waals surface area contributed by atoms with Gasteiger partial charge in [0, 0.05) is 12.1 Å². The normalized spacial score (nSPS) is 10.6. The number of rotatable bonds is 11. The molecule has 0 bridgehead atoms. The fourth-order valence-electron chi connectivity index (χ4n) is 2.78. The largest absolute Gasteiger partial charge is 0.478 e. The fraction of sp³-hybridized carbons (Fsp3) is 0.450. The number of carbonyl (C=O) groups excluding carboxylic acids is 2. The van der Waals surface area contributed by atoms with Gasteiger partial charge in [-0.05, 0) is 37.6 Å². The third kappa shape index (κ3) is 5.57. The van der Waals surface area contributed by atoms with Crippen molar-refractivity contribution in [2.45, 2.75) is 52.4 Å². The summed E-state index contributed by atoms with van der Waals surface area (Å²) in [6.45, 7) is 4.27. The predicted molar refractivity (Wildman–Crippen MR) is 105 cm³/mol. The molecule has 0 aliphatic rings. The van der Waals surface area contributed by atoms with E-state index in [1.807, 2.05) is 0 Å². The van der Waals surface area contributed by atoms with Gasteiger partial charge in [0.05, 0.1) is 12.3 Å². The standard InChI is InChI=1S/C20H27N3O4/c1-3-5-6-7-8-9-18(25)21-15-10-12-16(13-11-15)23-20(26)17(14-24)19(22-23)27-4-2/h10-14,22H,3-9H2,1-2H3,(H,21,25). The second kappa shape index (κ2) is 10.4. The number of benzene rings is 1. The highest BCUT2D eigenvalue weighted by atomic mass is 16.5. The highest BCUT2D eigenvalue weighted by molar-refractivity contribution is 5.90. The Balaban J connectivity index is 2.00. The molecule has 0 aliphatic carbocycles. The first-order valence-corrected chi connectivity index (χ1v) is 9.44. The Labute approximate surface area is 158 Å². The molecule has 0 radical (unpaired) electrons. The Hall–Kier alpha value is -2.83. The molecule has 2 N–H and O–H groups in total. The van der Waals surface area contributed by atoms with Crippen LogP contribution in [0.4, 0.5) is 5.69 Å². The highest BCUT2D eigenvalue weighted by Gasteiger charge is 2.15. The van der Waals surface area contributed by atoms with Gasteiger partial charge in [-0.25, -0.2) is 4.68 Å². The molecule has 27 heavy (non-hydrogen) atoms. The van der Waals surface area contributed by atoms with Gasteiger partial charge in [0.1, 0.15) is 5.56 Å². The minimum Gasteiger partial charge on any atom is -0.478 e. The van der Waals surface area contributed by atoms with Crippen molar-refractivity contribution in [1.29, 1.82) is 0 Å². The predicted octanol–water partition coefficient (Wildman–Crippen LogP) is 3.68. The molecule has 0 atom stereocenters. The smallest absolute Gasteiger partial charge is 0.285 e. The van der Waals surface area contributed by atoms with E-state index in [0.29, 0.717) is 30.7 Å². The lowest BCUT2D eigenvalue weighted by Gasteiger charge is -2.07. The Morgan fingerprint density at radius 2 is 1.85 bits per heavy atom. The number of hydrogen-bond acceptors (Lipinski definition) is 4. The molecule has 1 amide bonds. The Morgan fingerprint density at radius 1 is 1.15 bits per heavy atom. The van der Waals surface area contributed by atoms with Crippen molar-refractivity contribution in [1.82, 2.24) is 9.78 Å². The number of aromatic amines is 1. The van der Waals surface area contributed by atoms with E-state index in [-0.39, 0.29) is 17.4 Å². The summed E-state index contributed by atoms with van der Waals surface area (Å²) >= 11 is 0. The van der Waals surface area contributed by atoms with Crippen LogP contribution in [0.3, 0.4) is 0 Å². The van der Waals surface area contributed by atoms with E-state index >= 15 is 0 Å². The molecule has 7 nitrogen and oxygen atoms in total. The number of H-pyrrole nitrogens is 1. The summed E-state index contributed by atoms with van der Waals surface area (Å²) in [6.07, 6.45) is 6.49. The zero-order chi connectivity index (χ0) is 19.6. The number of nitrogens with one attached hydrogen (secondary N) is 2. The van der Waals surface area contributed by atoms with Crippen molar-refractivity contribution in [3.05, 3.63) is 40.2 Å². The molecular formula is C20H27N3O4. The summed E-state index contributed by atoms with van der Waals surface area (Å²) in [7, 11) is 0. The fourth-order valence-corrected chi connectivity index (χ4v) is 2.78. The average molecular weight is 373 g/mol. The van der Waals surface area contributed by atoms with Crippen molar-refractivity contribution in [2.75, 3.05) is 11.9 Å². The summed E-state index contributed by atoms with van der Waals surface area (Å²) in [6, 6.07) is 6.83. The molecule has 2 rings (SSSR count). The summed E-state index contributed by atoms with van der Waals surface area (Å²) in [5, 5.41) is 5.64. The highest BCUT2D eigenvalue weighted by Crippen LogP contribution is 2.16. The van der Waals surface area contributed by atoms with E-state index in [9.17, 15) is 14.4 Å². The van der Waals surface area contributed by atoms with E-state index in [4.69, 9.17) is 4.74 Å². The van der Waals surface area contributed by atoms with Crippen LogP contribution in [0.2, 0.25) is 0 Å². The number of hydrogen-bond donors (Lipinski definition) is 2. The number of anilines is 1. The number of unbranched alkanes of at least 4 members (excludes halogenated alkanes) is 4. The molecule has 0 saturated carbocycles. The van der Waals surface area contributed by atoms with Gasteiger partial charge in [-0.1, -0.05) is 32.6 Å². The SMILES string of the molecule is CCCCCCCC(=O)Nc1ccc(-n2[nH]c(OCC)c(C=O)c2=O)cc1. The van der Waals surface area contributed by atoms with Gasteiger partial charge in [0.15, 0.2) is 6.29 Å². The quantitative estimate of drug-likeness (QED) is 0.464. The number of amides is 1. The lowest BCUT2D eigenvalue weighted by atomic mass is 10.1. The molecule has 0 unspecified atom stereocenters. The molecule has 7 heteroatoms. The number of carbonyl (C=O) groups is 2. The van der Waals surface area contributed by atoms with Gasteiger partial charge in [-0.15, -0.1) is 0 Å². The number of nitrogens with zero attached hydrogens (tertiary/aromatic N) is 1. The second-order valence-electron chi connectivity index (χ2n) is 6.31. The minimum absolute atomic E-state index is 0.0156. The average Bonchev–Trinajstić information content (AvgIpc) is 2.98. The van der Waals surface area contributed by atoms with Crippen LogP contribution in [-0.2, 0) is 4.79 Å². The van der Waals surface area contributed by atoms with E-state index < -0.39 is 5.56 Å². The van der Waals surface area contributed by atoms with Gasteiger partial charge < -0.3 is 10.1 Å². The number of aldehydes is 1. The summed E-state index contributed by atoms with van der Waals surface area (Å²) in [4.78, 5) is 35.4. The van der Waals surface area contributed by atoms with Crippen LogP contribution in [0.1, 0.15) is 62.7 Å². The van der Waals surface area contributed by atoms with Crippen LogP contribution in [-0.4, -0.2) is 28.6 Å². The van der Waals surface area contributed by atoms with E-state index in [1.54, 1.807) is 31.2 Å². The summed E-state index contributed by atoms with van der Waals surface area (Å²) < 4.78 is 6.53. The lowest BCUT2D eigenvalue weighted by Crippen LogP contribution is -2.17. The maximum atomic E-state index is 12.3. The Kier molecular flexibility index (Phi) is 7.85. The van der Waals surface area contributed by atoms with Crippen LogP contribution in [0, 0.1) is 0 Å². The molecule has 1 aromatic carbocycles. The van der Waals surface area contributed by atoms with E-state index in [0.717, 1.165) is 19.3 Å². The van der Waals surface area contributed by atoms with Gasteiger partial charge in [-0.3, -0.25) is 19.5 Å². The van der Waals surface area contributed by atoms with Crippen molar-refractivity contribution in [3.8, 4) is 11.6 Å². The molecule has 0 fully saturated rings. The number of aromatic nitrogens is 2. The van der Waals surface area contributed by atoms with Crippen molar-refractivity contribution in [3.63, 3.8) is 0 Å². The van der Waals surface area contributed by atoms with E-state index in [1.165, 1.54) is 17.5 Å². The van der Waals surface area contributed by atoms with Gasteiger partial charge in [0.2, 0.25) is 11.8 Å². The van der Waals surface area contributed by atoms with E-state index in [2.05, 4.69) is 17.3 Å². The molecule has 0 saturated heterocycles. The monoisotopic (exact) mass is 373 g/mol. The summed E-state index contributed by atoms with van der Waals surface area (Å²) in [5.41, 5.74) is 0.693. The van der Waals surface area contributed by atoms with Crippen LogP contribution in [0.25, 0.3) is 5.69 Å². The van der Waals surface area contributed by atoms with Crippen LogP contribution in [0.5, 0.6) is 5.88 Å². The Bertz CT molecular complexity index is 806. The van der Waals surface area contributed by atoms with Crippen molar-refractivity contribution < 1.29 is 14.3 Å². The second-order valence-corrected chi connectivity index (χ2v) is 6.31. The zero-order valence-corrected chi connectivity index (χ0v) is 15.9. The molecule has 146 valence electrons. The maximum Gasteiger partial charge on any atom is 0.285 e. The maximum absolute atomic E-state index is 12.3. The minimum atomic E-state index is -0.475. The topological polar surface area (TPSA) is 93.2 Å². The zero-order valence-electron chi connectivity index (χ0n) is 15.9. The van der Waals surface area contributed by atoms with Crippen molar-refractivity contribution in [2.24, 2.45) is 0 Å². The molecular weight excluding hydrogens is 346 g/mol. The first kappa shape index (κ1) is 20.5. The number of ether oxygens (including phenoxy) is 1. The third-order valence-corrected chi connectivity index (χ3v) is 4.21. The van der Waals surface area contributed by atoms with Crippen LogP contribution >= 0.6 is 0 Å². The van der Waals surface area contributed by atoms with Crippen molar-refractivity contribution >= 4 is 17.9 Å². The third-order valence-electron chi connectivity index (χ3n) is 4.21. The molecule has 2 aromatic rings. The first-order valence-electron chi connectivity index (χ1n) is 9.44. The van der Waals surface area contributed by atoms with Gasteiger partial charge in [-0.2, -0.15) is 0 Å². The van der Waals surface area contributed by atoms with Gasteiger partial charge >= 0.3 is 0 Å².